The number of ether oxygens (including phenoxy) is 2. The van der Waals surface area contributed by atoms with E-state index in [0.717, 1.165) is 52.1 Å². The third-order valence-corrected chi connectivity index (χ3v) is 7.14. The second kappa shape index (κ2) is 16.6. The van der Waals surface area contributed by atoms with E-state index in [4.69, 9.17) is 9.47 Å². The summed E-state index contributed by atoms with van der Waals surface area (Å²) in [5, 5.41) is 0. The molecule has 0 spiro atoms. The number of allylic oxidation sites excluding steroid dienone is 2. The van der Waals surface area contributed by atoms with Gasteiger partial charge >= 0.3 is 12.1 Å². The third-order valence-electron chi connectivity index (χ3n) is 7.14. The van der Waals surface area contributed by atoms with Gasteiger partial charge in [0.1, 0.15) is 0 Å². The lowest BCUT2D eigenvalue weighted by molar-refractivity contribution is -0.278. The highest BCUT2D eigenvalue weighted by molar-refractivity contribution is 5.83. The van der Waals surface area contributed by atoms with Gasteiger partial charge in [0.2, 0.25) is 0 Å². The number of halogens is 3. The fourth-order valence-electron chi connectivity index (χ4n) is 4.93. The van der Waals surface area contributed by atoms with Crippen LogP contribution in [0.5, 0.6) is 0 Å². The van der Waals surface area contributed by atoms with Gasteiger partial charge in [-0.3, -0.25) is 0 Å². The van der Waals surface area contributed by atoms with Crippen LogP contribution >= 0.6 is 0 Å². The molecule has 1 saturated carbocycles. The number of methoxy groups -OCH3 is 1. The Morgan fingerprint density at radius 3 is 2.22 bits per heavy atom. The number of benzene rings is 1. The van der Waals surface area contributed by atoms with Crippen molar-refractivity contribution in [2.45, 2.75) is 115 Å². The van der Waals surface area contributed by atoms with E-state index in [1.165, 1.54) is 69.2 Å². The molecule has 3 nitrogen and oxygen atoms in total. The van der Waals surface area contributed by atoms with Gasteiger partial charge in [0.15, 0.2) is 6.10 Å². The number of alkyl halides is 3. The van der Waals surface area contributed by atoms with E-state index in [-0.39, 0.29) is 11.5 Å². The van der Waals surface area contributed by atoms with Crippen molar-refractivity contribution in [2.75, 3.05) is 7.11 Å². The minimum Gasteiger partial charge on any atom is -0.446 e. The summed E-state index contributed by atoms with van der Waals surface area (Å²) in [7, 11) is 0.886. The molecule has 0 radical (unpaired) electrons. The topological polar surface area (TPSA) is 35.5 Å². The average Bonchev–Trinajstić information content (AvgIpc) is 2.89. The Morgan fingerprint density at radius 2 is 1.62 bits per heavy atom. The predicted octanol–water partition coefficient (Wildman–Crippen LogP) is 8.67. The smallest absolute Gasteiger partial charge is 0.432 e. The fraction of sp³-hybridized carbons (Fsp3) is 0.645. The van der Waals surface area contributed by atoms with Crippen molar-refractivity contribution in [1.29, 1.82) is 0 Å². The molecule has 1 fully saturated rings. The van der Waals surface area contributed by atoms with E-state index in [0.29, 0.717) is 0 Å². The van der Waals surface area contributed by atoms with Gasteiger partial charge in [0.25, 0.3) is 5.60 Å². The zero-order valence-electron chi connectivity index (χ0n) is 22.5. The highest BCUT2D eigenvalue weighted by atomic mass is 19.4. The van der Waals surface area contributed by atoms with Gasteiger partial charge in [0.05, 0.1) is 0 Å². The summed E-state index contributed by atoms with van der Waals surface area (Å²) in [6.45, 7) is 2.22. The number of hydrogen-bond acceptors (Lipinski definition) is 3. The first-order valence-corrected chi connectivity index (χ1v) is 13.9. The van der Waals surface area contributed by atoms with Gasteiger partial charge in [-0.1, -0.05) is 119 Å². The van der Waals surface area contributed by atoms with Gasteiger partial charge < -0.3 is 9.47 Å². The summed E-state index contributed by atoms with van der Waals surface area (Å²) in [5.74, 6) is 4.32. The van der Waals surface area contributed by atoms with Crippen LogP contribution in [0, 0.1) is 17.8 Å². The molecule has 0 aliphatic heterocycles. The number of hydrogen-bond donors (Lipinski definition) is 0. The van der Waals surface area contributed by atoms with Crippen LogP contribution in [-0.4, -0.2) is 25.4 Å². The molecule has 0 heterocycles. The van der Waals surface area contributed by atoms with Crippen LogP contribution in [0.4, 0.5) is 13.2 Å². The quantitative estimate of drug-likeness (QED) is 0.140. The maximum Gasteiger partial charge on any atom is 0.432 e. The molecular formula is C31H43F3O3. The number of esters is 1. The summed E-state index contributed by atoms with van der Waals surface area (Å²) in [4.78, 5) is 13.2. The predicted molar refractivity (Wildman–Crippen MR) is 142 cm³/mol. The van der Waals surface area contributed by atoms with Crippen molar-refractivity contribution in [2.24, 2.45) is 5.92 Å². The normalized spacial score (nSPS) is 17.1. The third kappa shape index (κ3) is 9.52. The highest BCUT2D eigenvalue weighted by Gasteiger charge is 2.64. The van der Waals surface area contributed by atoms with Crippen LogP contribution in [0.2, 0.25) is 0 Å². The van der Waals surface area contributed by atoms with E-state index >= 15 is 0 Å². The number of unbranched alkanes of at least 4 members (excludes halogenated alkanes) is 8. The Kier molecular flexibility index (Phi) is 13.9. The molecule has 206 valence electrons. The molecule has 2 rings (SSSR count). The van der Waals surface area contributed by atoms with Crippen LogP contribution in [-0.2, 0) is 19.9 Å². The summed E-state index contributed by atoms with van der Waals surface area (Å²) in [6.07, 6.45) is 13.2. The molecule has 37 heavy (non-hydrogen) atoms. The van der Waals surface area contributed by atoms with Crippen molar-refractivity contribution in [3.8, 4) is 11.8 Å². The van der Waals surface area contributed by atoms with E-state index in [1.54, 1.807) is 12.1 Å². The molecule has 1 aliphatic rings. The summed E-state index contributed by atoms with van der Waals surface area (Å²) >= 11 is 0. The lowest BCUT2D eigenvalue weighted by Gasteiger charge is -2.34. The van der Waals surface area contributed by atoms with Crippen LogP contribution in [0.3, 0.4) is 0 Å². The minimum absolute atomic E-state index is 0.0927. The molecule has 0 bridgehead atoms. The maximum absolute atomic E-state index is 14.3. The molecule has 1 aromatic carbocycles. The largest absolute Gasteiger partial charge is 0.446 e. The monoisotopic (exact) mass is 520 g/mol. The van der Waals surface area contributed by atoms with Gasteiger partial charge in [-0.25, -0.2) is 4.79 Å². The van der Waals surface area contributed by atoms with E-state index in [1.807, 2.05) is 6.08 Å². The maximum atomic E-state index is 14.3. The second-order valence-corrected chi connectivity index (χ2v) is 9.93. The Hall–Kier alpha value is -2.26. The Balaban J connectivity index is 2.04. The highest BCUT2D eigenvalue weighted by Crippen LogP contribution is 2.43. The first kappa shape index (κ1) is 31.0. The van der Waals surface area contributed by atoms with Crippen molar-refractivity contribution in [3.05, 3.63) is 48.0 Å². The average molecular weight is 521 g/mol. The molecule has 1 aromatic rings. The van der Waals surface area contributed by atoms with E-state index in [9.17, 15) is 18.0 Å². The van der Waals surface area contributed by atoms with Gasteiger partial charge in [0, 0.05) is 18.6 Å². The van der Waals surface area contributed by atoms with Crippen molar-refractivity contribution >= 4 is 5.97 Å². The van der Waals surface area contributed by atoms with Crippen LogP contribution in [0.1, 0.15) is 102 Å². The standard InChI is InChI=1S/C31H43F3O3/c1-3-4-5-6-7-8-9-10-11-12-13-20-25-28(26-21-16-14-17-22-26)37-29(35)30(36-2,31(32,33)34)27-23-18-15-19-24-27/h12-13,15,18-19,23-24,26,28H,3-11,14,16-17,21-22H2,1-2H3/b13-12+/t28-,30+/m1/s1. The molecule has 6 heteroatoms. The summed E-state index contributed by atoms with van der Waals surface area (Å²) < 4.78 is 53.3. The first-order chi connectivity index (χ1) is 17.9. The van der Waals surface area contributed by atoms with Crippen molar-refractivity contribution < 1.29 is 27.4 Å². The van der Waals surface area contributed by atoms with Crippen molar-refractivity contribution in [1.82, 2.24) is 0 Å². The molecule has 2 atom stereocenters. The van der Waals surface area contributed by atoms with E-state index in [2.05, 4.69) is 18.8 Å². The zero-order chi connectivity index (χ0) is 27.0. The molecule has 0 saturated heterocycles. The first-order valence-electron chi connectivity index (χ1n) is 13.9. The number of carbonyl (C=O) groups excluding carboxylic acids is 1. The Bertz CT molecular complexity index is 863. The summed E-state index contributed by atoms with van der Waals surface area (Å²) in [6, 6.07) is 6.93. The summed E-state index contributed by atoms with van der Waals surface area (Å²) in [5.41, 5.74) is -3.51. The van der Waals surface area contributed by atoms with Gasteiger partial charge in [-0.05, 0) is 31.8 Å². The van der Waals surface area contributed by atoms with Gasteiger partial charge in [-0.2, -0.15) is 13.2 Å². The lowest BCUT2D eigenvalue weighted by Crippen LogP contribution is -2.53. The molecule has 0 amide bonds. The molecule has 0 N–H and O–H groups in total. The van der Waals surface area contributed by atoms with Crippen LogP contribution in [0.15, 0.2) is 42.5 Å². The van der Waals surface area contributed by atoms with Crippen LogP contribution < -0.4 is 0 Å². The van der Waals surface area contributed by atoms with Crippen LogP contribution in [0.25, 0.3) is 0 Å². The molecule has 0 unspecified atom stereocenters. The molecule has 1 aliphatic carbocycles. The SMILES string of the molecule is CCCCCCCCCC/C=C/C#C[C@@H](OC(=O)[C@@](OC)(c1ccccc1)C(F)(F)F)C1CCCCC1. The zero-order valence-corrected chi connectivity index (χ0v) is 22.5. The number of rotatable bonds is 14. The Morgan fingerprint density at radius 1 is 1.00 bits per heavy atom. The lowest BCUT2D eigenvalue weighted by atomic mass is 9.85. The van der Waals surface area contributed by atoms with Crippen molar-refractivity contribution in [3.63, 3.8) is 0 Å². The van der Waals surface area contributed by atoms with E-state index < -0.39 is 23.9 Å². The molecule has 0 aromatic heterocycles. The molecular weight excluding hydrogens is 477 g/mol. The van der Waals surface area contributed by atoms with Gasteiger partial charge in [-0.15, -0.1) is 0 Å². The fourth-order valence-corrected chi connectivity index (χ4v) is 4.93. The Labute approximate surface area is 221 Å². The number of carbonyl (C=O) groups is 1. The minimum atomic E-state index is -5.00. The second-order valence-electron chi connectivity index (χ2n) is 9.93.